The SMILES string of the molecule is COP1(=O)N=C(c2c(O)c(-c3ccsc3)nn(CC(C)C)c2=O)Nc2ccc(NS(C)(O)O)cc21. The van der Waals surface area contributed by atoms with E-state index in [4.69, 9.17) is 4.52 Å². The van der Waals surface area contributed by atoms with Gasteiger partial charge in [-0.3, -0.25) is 23.2 Å². The van der Waals surface area contributed by atoms with E-state index in [0.29, 0.717) is 23.5 Å². The average Bonchev–Trinajstić information content (AvgIpc) is 3.29. The van der Waals surface area contributed by atoms with Gasteiger partial charge in [0.2, 0.25) is 0 Å². The van der Waals surface area contributed by atoms with Crippen LogP contribution in [-0.2, 0) is 15.6 Å². The van der Waals surface area contributed by atoms with Crippen molar-refractivity contribution in [1.82, 2.24) is 9.78 Å². The predicted octanol–water partition coefficient (Wildman–Crippen LogP) is 4.38. The standard InChI is InChI=1S/C21H26N5O6PS2/c1-12(2)10-26-21(28)17(19(27)18(23-26)13-7-8-34-11-13)20-22-15-6-5-14(25-35(4,30)31)9-16(15)33(29,24-20)32-3/h5-9,11-12,25,27,30-31H,10H2,1-4H3,(H,22,24,29). The van der Waals surface area contributed by atoms with E-state index in [2.05, 4.69) is 19.9 Å². The Morgan fingerprint density at radius 1 is 1.31 bits per heavy atom. The fraction of sp³-hybridized carbons (Fsp3) is 0.286. The maximum atomic E-state index is 13.7. The molecule has 1 aliphatic rings. The molecule has 0 saturated carbocycles. The predicted molar refractivity (Wildman–Crippen MR) is 142 cm³/mol. The lowest BCUT2D eigenvalue weighted by Gasteiger charge is -2.30. The summed E-state index contributed by atoms with van der Waals surface area (Å²) in [7, 11) is -5.75. The van der Waals surface area contributed by atoms with Gasteiger partial charge in [-0.2, -0.15) is 21.2 Å². The van der Waals surface area contributed by atoms with E-state index in [1.807, 2.05) is 19.2 Å². The third-order valence-electron chi connectivity index (χ3n) is 5.05. The Morgan fingerprint density at radius 2 is 2.06 bits per heavy atom. The van der Waals surface area contributed by atoms with Crippen LogP contribution in [-0.4, -0.2) is 43.2 Å². The molecule has 0 spiro atoms. The van der Waals surface area contributed by atoms with Crippen molar-refractivity contribution < 1.29 is 23.3 Å². The fourth-order valence-corrected chi connectivity index (χ4v) is 6.34. The van der Waals surface area contributed by atoms with Crippen molar-refractivity contribution in [1.29, 1.82) is 0 Å². The minimum atomic E-state index is -3.90. The van der Waals surface area contributed by atoms with Crippen LogP contribution in [0.2, 0.25) is 0 Å². The van der Waals surface area contributed by atoms with Gasteiger partial charge in [-0.05, 0) is 35.6 Å². The number of aromatic nitrogens is 2. The molecule has 3 aromatic rings. The third-order valence-corrected chi connectivity index (χ3v) is 8.29. The normalized spacial score (nSPS) is 18.1. The van der Waals surface area contributed by atoms with Crippen LogP contribution in [0.25, 0.3) is 11.3 Å². The van der Waals surface area contributed by atoms with Gasteiger partial charge in [-0.1, -0.05) is 13.8 Å². The zero-order valence-corrected chi connectivity index (χ0v) is 21.9. The van der Waals surface area contributed by atoms with Gasteiger partial charge in [-0.25, -0.2) is 4.68 Å². The summed E-state index contributed by atoms with van der Waals surface area (Å²) in [6, 6.07) is 6.31. The third kappa shape index (κ3) is 5.15. The highest BCUT2D eigenvalue weighted by atomic mass is 32.3. The minimum Gasteiger partial charge on any atom is -0.505 e. The second-order valence-corrected chi connectivity index (χ2v) is 13.1. The number of anilines is 2. The van der Waals surface area contributed by atoms with Crippen LogP contribution in [0.5, 0.6) is 5.75 Å². The molecular formula is C21H26N5O6PS2. The van der Waals surface area contributed by atoms with Crippen LogP contribution in [0.4, 0.5) is 11.4 Å². The van der Waals surface area contributed by atoms with Crippen LogP contribution < -0.4 is 20.9 Å². The Bertz CT molecular complexity index is 1400. The number of fused-ring (bicyclic) bond motifs is 1. The van der Waals surface area contributed by atoms with E-state index in [-0.39, 0.29) is 34.1 Å². The van der Waals surface area contributed by atoms with Crippen molar-refractivity contribution in [2.45, 2.75) is 20.4 Å². The first-order valence-corrected chi connectivity index (χ1v) is 14.9. The van der Waals surface area contributed by atoms with Crippen LogP contribution >= 0.6 is 29.6 Å². The molecule has 1 unspecified atom stereocenters. The molecule has 0 saturated heterocycles. The molecule has 2 aromatic heterocycles. The summed E-state index contributed by atoms with van der Waals surface area (Å²) in [4.78, 5) is 13.4. The number of thiophene rings is 1. The highest BCUT2D eigenvalue weighted by Crippen LogP contribution is 2.52. The van der Waals surface area contributed by atoms with E-state index in [9.17, 15) is 23.6 Å². The smallest absolute Gasteiger partial charge is 0.348 e. The van der Waals surface area contributed by atoms with E-state index in [1.165, 1.54) is 35.5 Å². The second-order valence-electron chi connectivity index (χ2n) is 8.41. The Labute approximate surface area is 207 Å². The first kappa shape index (κ1) is 25.4. The number of hydrogen-bond acceptors (Lipinski definition) is 10. The summed E-state index contributed by atoms with van der Waals surface area (Å²) in [5, 5.41) is 22.3. The molecule has 14 heteroatoms. The lowest BCUT2D eigenvalue weighted by molar-refractivity contribution is 0.404. The molecule has 35 heavy (non-hydrogen) atoms. The monoisotopic (exact) mass is 539 g/mol. The van der Waals surface area contributed by atoms with Crippen LogP contribution in [0.1, 0.15) is 19.4 Å². The zero-order valence-electron chi connectivity index (χ0n) is 19.4. The molecular weight excluding hydrogens is 513 g/mol. The van der Waals surface area contributed by atoms with Crippen molar-refractivity contribution in [3.8, 4) is 17.0 Å². The van der Waals surface area contributed by atoms with E-state index < -0.39 is 23.9 Å². The Balaban J connectivity index is 1.90. The highest BCUT2D eigenvalue weighted by molar-refractivity contribution is 8.24. The van der Waals surface area contributed by atoms with Gasteiger partial charge in [0.05, 0.1) is 16.7 Å². The lowest BCUT2D eigenvalue weighted by Crippen LogP contribution is -2.35. The van der Waals surface area contributed by atoms with Crippen molar-refractivity contribution in [3.05, 3.63) is 50.9 Å². The minimum absolute atomic E-state index is 0.0942. The van der Waals surface area contributed by atoms with E-state index in [1.54, 1.807) is 23.6 Å². The second kappa shape index (κ2) is 9.41. The Hall–Kier alpha value is -2.67. The zero-order chi connectivity index (χ0) is 25.5. The summed E-state index contributed by atoms with van der Waals surface area (Å²) in [6.07, 6.45) is 1.22. The van der Waals surface area contributed by atoms with Gasteiger partial charge in [0.15, 0.2) is 11.6 Å². The number of aromatic hydroxyl groups is 1. The molecule has 0 aliphatic carbocycles. The summed E-state index contributed by atoms with van der Waals surface area (Å²) in [5.41, 5.74) is 0.709. The molecule has 1 aromatic carbocycles. The average molecular weight is 540 g/mol. The molecule has 188 valence electrons. The number of hydrogen-bond donors (Lipinski definition) is 5. The van der Waals surface area contributed by atoms with Gasteiger partial charge in [0.25, 0.3) is 5.56 Å². The van der Waals surface area contributed by atoms with E-state index in [0.717, 1.165) is 0 Å². The van der Waals surface area contributed by atoms with Crippen molar-refractivity contribution >= 4 is 52.1 Å². The maximum Gasteiger partial charge on any atom is 0.348 e. The summed E-state index contributed by atoms with van der Waals surface area (Å²) in [6.45, 7) is 4.18. The van der Waals surface area contributed by atoms with Gasteiger partial charge in [0, 0.05) is 30.9 Å². The first-order valence-electron chi connectivity index (χ1n) is 10.5. The number of benzene rings is 1. The van der Waals surface area contributed by atoms with Gasteiger partial charge in [-0.15, -0.1) is 10.8 Å². The largest absolute Gasteiger partial charge is 0.505 e. The van der Waals surface area contributed by atoms with Crippen molar-refractivity contribution in [2.24, 2.45) is 10.7 Å². The molecule has 1 aliphatic heterocycles. The quantitative estimate of drug-likeness (QED) is 0.275. The van der Waals surface area contributed by atoms with Gasteiger partial charge >= 0.3 is 7.52 Å². The fourth-order valence-electron chi connectivity index (χ4n) is 3.59. The van der Waals surface area contributed by atoms with Crippen LogP contribution in [0.15, 0.2) is 44.6 Å². The molecule has 3 heterocycles. The molecule has 4 rings (SSSR count). The molecule has 0 fully saturated rings. The first-order chi connectivity index (χ1) is 16.4. The van der Waals surface area contributed by atoms with Gasteiger partial charge < -0.3 is 14.9 Å². The summed E-state index contributed by atoms with van der Waals surface area (Å²) >= 11 is 1.42. The summed E-state index contributed by atoms with van der Waals surface area (Å²) in [5.74, 6) is -0.400. The van der Waals surface area contributed by atoms with Gasteiger partial charge in [0.1, 0.15) is 11.3 Å². The summed E-state index contributed by atoms with van der Waals surface area (Å²) < 4.78 is 46.5. The molecule has 0 bridgehead atoms. The molecule has 1 atom stereocenters. The molecule has 0 amide bonds. The number of rotatable bonds is 7. The van der Waals surface area contributed by atoms with Crippen LogP contribution in [0.3, 0.4) is 0 Å². The molecule has 11 nitrogen and oxygen atoms in total. The Kier molecular flexibility index (Phi) is 6.84. The number of nitrogens with one attached hydrogen (secondary N) is 2. The highest BCUT2D eigenvalue weighted by Gasteiger charge is 2.36. The lowest BCUT2D eigenvalue weighted by atomic mass is 10.1. The topological polar surface area (TPSA) is 158 Å². The molecule has 0 radical (unpaired) electrons. The Morgan fingerprint density at radius 3 is 2.66 bits per heavy atom. The van der Waals surface area contributed by atoms with Crippen LogP contribution in [0, 0.1) is 5.92 Å². The molecule has 5 N–H and O–H groups in total. The number of nitrogens with zero attached hydrogens (tertiary/aromatic N) is 3. The van der Waals surface area contributed by atoms with E-state index >= 15 is 0 Å². The number of amidine groups is 1. The van der Waals surface area contributed by atoms with Crippen molar-refractivity contribution in [2.75, 3.05) is 23.4 Å². The van der Waals surface area contributed by atoms with Crippen molar-refractivity contribution in [3.63, 3.8) is 0 Å². The maximum absolute atomic E-state index is 13.7.